The van der Waals surface area contributed by atoms with Crippen LogP contribution in [0.4, 0.5) is 0 Å². The molecule has 23 heavy (non-hydrogen) atoms. The monoisotopic (exact) mass is 322 g/mol. The number of benzene rings is 2. The predicted molar refractivity (Wildman–Crippen MR) is 94.8 cm³/mol. The molecular formula is C19H18N2OS. The first-order valence-electron chi connectivity index (χ1n) is 7.59. The molecule has 1 heterocycles. The number of aromatic nitrogens is 1. The van der Waals surface area contributed by atoms with Gasteiger partial charge in [-0.3, -0.25) is 4.79 Å². The number of hydrogen-bond acceptors (Lipinski definition) is 3. The van der Waals surface area contributed by atoms with E-state index in [1.165, 1.54) is 5.56 Å². The molecule has 116 valence electrons. The van der Waals surface area contributed by atoms with E-state index in [0.29, 0.717) is 12.2 Å². The van der Waals surface area contributed by atoms with Gasteiger partial charge in [0.25, 0.3) is 5.91 Å². The zero-order chi connectivity index (χ0) is 16.1. The molecule has 0 spiro atoms. The number of nitrogens with one attached hydrogen (secondary N) is 1. The molecule has 1 N–H and O–H groups in total. The zero-order valence-electron chi connectivity index (χ0n) is 13.0. The van der Waals surface area contributed by atoms with Crippen LogP contribution in [0.5, 0.6) is 0 Å². The topological polar surface area (TPSA) is 42.0 Å². The van der Waals surface area contributed by atoms with E-state index in [0.717, 1.165) is 21.9 Å². The lowest BCUT2D eigenvalue weighted by Gasteiger charge is -2.05. The first-order chi connectivity index (χ1) is 11.2. The highest BCUT2D eigenvalue weighted by Gasteiger charge is 2.17. The molecule has 0 unspecified atom stereocenters. The second-order valence-corrected chi connectivity index (χ2v) is 6.47. The Balaban J connectivity index is 1.70. The van der Waals surface area contributed by atoms with Crippen molar-refractivity contribution in [1.29, 1.82) is 0 Å². The summed E-state index contributed by atoms with van der Waals surface area (Å²) in [4.78, 5) is 17.8. The van der Waals surface area contributed by atoms with E-state index in [2.05, 4.69) is 22.4 Å². The minimum atomic E-state index is -0.107. The van der Waals surface area contributed by atoms with E-state index in [4.69, 9.17) is 0 Å². The Morgan fingerprint density at radius 1 is 1.04 bits per heavy atom. The molecule has 0 aliphatic carbocycles. The van der Waals surface area contributed by atoms with Crippen molar-refractivity contribution >= 4 is 17.2 Å². The number of nitrogens with zero attached hydrogens (tertiary/aromatic N) is 1. The third-order valence-corrected chi connectivity index (χ3v) is 4.55. The number of thiazole rings is 1. The van der Waals surface area contributed by atoms with Gasteiger partial charge >= 0.3 is 0 Å². The van der Waals surface area contributed by atoms with E-state index < -0.39 is 0 Å². The van der Waals surface area contributed by atoms with Crippen LogP contribution >= 0.6 is 11.3 Å². The summed E-state index contributed by atoms with van der Waals surface area (Å²) in [5.41, 5.74) is 2.77. The van der Waals surface area contributed by atoms with Gasteiger partial charge in [-0.05, 0) is 24.5 Å². The smallest absolute Gasteiger partial charge is 0.271 e. The van der Waals surface area contributed by atoms with E-state index >= 15 is 0 Å². The number of aryl methyl sites for hydroxylation is 1. The fraction of sp³-hybridized carbons (Fsp3) is 0.158. The van der Waals surface area contributed by atoms with Crippen LogP contribution in [0.25, 0.3) is 10.4 Å². The van der Waals surface area contributed by atoms with Crippen molar-refractivity contribution in [1.82, 2.24) is 10.3 Å². The van der Waals surface area contributed by atoms with Crippen LogP contribution in [0.15, 0.2) is 60.7 Å². The van der Waals surface area contributed by atoms with Crippen molar-refractivity contribution in [2.45, 2.75) is 13.3 Å². The summed E-state index contributed by atoms with van der Waals surface area (Å²) in [7, 11) is 0. The van der Waals surface area contributed by atoms with E-state index in [1.807, 2.05) is 55.5 Å². The third kappa shape index (κ3) is 3.85. The highest BCUT2D eigenvalue weighted by atomic mass is 32.1. The largest absolute Gasteiger partial charge is 0.350 e. The Morgan fingerprint density at radius 3 is 2.39 bits per heavy atom. The number of carbonyl (C=O) groups excluding carboxylic acids is 1. The number of amides is 1. The van der Waals surface area contributed by atoms with Gasteiger partial charge in [-0.1, -0.05) is 60.7 Å². The van der Waals surface area contributed by atoms with E-state index in [1.54, 1.807) is 11.3 Å². The van der Waals surface area contributed by atoms with Crippen LogP contribution in [0.2, 0.25) is 0 Å². The molecule has 0 aliphatic rings. The first-order valence-corrected chi connectivity index (χ1v) is 8.40. The molecular weight excluding hydrogens is 304 g/mol. The lowest BCUT2D eigenvalue weighted by molar-refractivity contribution is 0.0950. The van der Waals surface area contributed by atoms with Gasteiger partial charge in [0.15, 0.2) is 0 Å². The quantitative estimate of drug-likeness (QED) is 0.768. The Labute approximate surface area is 140 Å². The highest BCUT2D eigenvalue weighted by molar-refractivity contribution is 7.15. The molecule has 1 aromatic heterocycles. The highest BCUT2D eigenvalue weighted by Crippen LogP contribution is 2.29. The maximum Gasteiger partial charge on any atom is 0.271 e. The fourth-order valence-electron chi connectivity index (χ4n) is 2.41. The van der Waals surface area contributed by atoms with Gasteiger partial charge in [0, 0.05) is 6.54 Å². The summed E-state index contributed by atoms with van der Waals surface area (Å²) >= 11 is 1.55. The van der Waals surface area contributed by atoms with Gasteiger partial charge in [0.05, 0.1) is 9.88 Å². The molecule has 1 amide bonds. The molecule has 0 aliphatic heterocycles. The first kappa shape index (κ1) is 15.4. The summed E-state index contributed by atoms with van der Waals surface area (Å²) < 4.78 is 0. The maximum atomic E-state index is 12.5. The summed E-state index contributed by atoms with van der Waals surface area (Å²) in [5, 5.41) is 3.88. The Morgan fingerprint density at radius 2 is 1.70 bits per heavy atom. The molecule has 4 heteroatoms. The fourth-order valence-corrected chi connectivity index (χ4v) is 3.34. The minimum Gasteiger partial charge on any atom is -0.350 e. The van der Waals surface area contributed by atoms with Crippen molar-refractivity contribution < 1.29 is 4.79 Å². The number of carbonyl (C=O) groups is 1. The summed E-state index contributed by atoms with van der Waals surface area (Å²) in [6, 6.07) is 20.1. The SMILES string of the molecule is Cc1nc(C(=O)NCCc2ccccc2)c(-c2ccccc2)s1. The lowest BCUT2D eigenvalue weighted by Crippen LogP contribution is -2.26. The predicted octanol–water partition coefficient (Wildman–Crippen LogP) is 4.09. The normalized spacial score (nSPS) is 10.5. The minimum absolute atomic E-state index is 0.107. The molecule has 3 nitrogen and oxygen atoms in total. The molecule has 0 saturated carbocycles. The van der Waals surface area contributed by atoms with Gasteiger partial charge in [0.2, 0.25) is 0 Å². The average Bonchev–Trinajstić information content (AvgIpc) is 2.98. The second kappa shape index (κ2) is 7.20. The molecule has 0 atom stereocenters. The molecule has 3 rings (SSSR count). The molecule has 0 radical (unpaired) electrons. The van der Waals surface area contributed by atoms with Crippen molar-refractivity contribution in [3.8, 4) is 10.4 Å². The molecule has 0 fully saturated rings. The Hall–Kier alpha value is -2.46. The van der Waals surface area contributed by atoms with Crippen molar-refractivity contribution in [3.63, 3.8) is 0 Å². The lowest BCUT2D eigenvalue weighted by atomic mass is 10.1. The van der Waals surface area contributed by atoms with Crippen molar-refractivity contribution in [2.75, 3.05) is 6.54 Å². The van der Waals surface area contributed by atoms with Gasteiger partial charge < -0.3 is 5.32 Å². The summed E-state index contributed by atoms with van der Waals surface area (Å²) in [6.45, 7) is 2.53. The standard InChI is InChI=1S/C19H18N2OS/c1-14-21-17(18(23-14)16-10-6-3-7-11-16)19(22)20-13-12-15-8-4-2-5-9-15/h2-11H,12-13H2,1H3,(H,20,22). The van der Waals surface area contributed by atoms with Gasteiger partial charge in [-0.25, -0.2) is 4.98 Å². The van der Waals surface area contributed by atoms with Crippen molar-refractivity contribution in [3.05, 3.63) is 76.9 Å². The Kier molecular flexibility index (Phi) is 4.83. The van der Waals surface area contributed by atoms with Crippen LogP contribution in [-0.4, -0.2) is 17.4 Å². The van der Waals surface area contributed by atoms with E-state index in [-0.39, 0.29) is 5.91 Å². The number of rotatable bonds is 5. The summed E-state index contributed by atoms with van der Waals surface area (Å²) in [5.74, 6) is -0.107. The molecule has 2 aromatic carbocycles. The van der Waals surface area contributed by atoms with Crippen LogP contribution in [0.3, 0.4) is 0 Å². The molecule has 3 aromatic rings. The third-order valence-electron chi connectivity index (χ3n) is 3.53. The summed E-state index contributed by atoms with van der Waals surface area (Å²) in [6.07, 6.45) is 0.816. The second-order valence-electron chi connectivity index (χ2n) is 5.27. The van der Waals surface area contributed by atoms with Crippen LogP contribution < -0.4 is 5.32 Å². The van der Waals surface area contributed by atoms with Gasteiger partial charge in [-0.2, -0.15) is 0 Å². The molecule has 0 bridgehead atoms. The number of hydrogen-bond donors (Lipinski definition) is 1. The zero-order valence-corrected chi connectivity index (χ0v) is 13.8. The van der Waals surface area contributed by atoms with Crippen LogP contribution in [0.1, 0.15) is 21.1 Å². The van der Waals surface area contributed by atoms with Crippen LogP contribution in [0, 0.1) is 6.92 Å². The Bertz CT molecular complexity index is 782. The molecule has 0 saturated heterocycles. The van der Waals surface area contributed by atoms with Crippen molar-refractivity contribution in [2.24, 2.45) is 0 Å². The van der Waals surface area contributed by atoms with Gasteiger partial charge in [0.1, 0.15) is 5.69 Å². The van der Waals surface area contributed by atoms with Gasteiger partial charge in [-0.15, -0.1) is 11.3 Å². The van der Waals surface area contributed by atoms with E-state index in [9.17, 15) is 4.79 Å². The average molecular weight is 322 g/mol. The maximum absolute atomic E-state index is 12.5. The van der Waals surface area contributed by atoms with Crippen LogP contribution in [-0.2, 0) is 6.42 Å².